The summed E-state index contributed by atoms with van der Waals surface area (Å²) in [4.78, 5) is 38.7. The van der Waals surface area contributed by atoms with Gasteiger partial charge in [0.05, 0.1) is 24.5 Å². The summed E-state index contributed by atoms with van der Waals surface area (Å²) in [6.07, 6.45) is 2.72. The summed E-state index contributed by atoms with van der Waals surface area (Å²) in [5.41, 5.74) is 0.696. The Hall–Kier alpha value is -2.45. The highest BCUT2D eigenvalue weighted by Crippen LogP contribution is 2.21. The Balaban J connectivity index is 1.43. The number of ether oxygens (including phenoxy) is 1. The normalized spacial score (nSPS) is 17.2. The number of para-hydroxylation sites is 1. The Morgan fingerprint density at radius 3 is 2.56 bits per heavy atom. The SMILES string of the molecule is O=C(NCCCN1CCOCC1)C(=O)Nc1ccccc1C(=O)NC1CC1. The maximum absolute atomic E-state index is 12.3. The van der Waals surface area contributed by atoms with Crippen molar-refractivity contribution < 1.29 is 19.1 Å². The van der Waals surface area contributed by atoms with Crippen LogP contribution in [0.5, 0.6) is 0 Å². The molecule has 8 heteroatoms. The topological polar surface area (TPSA) is 99.8 Å². The number of hydrogen-bond acceptors (Lipinski definition) is 5. The van der Waals surface area contributed by atoms with Crippen molar-refractivity contribution in [1.29, 1.82) is 0 Å². The summed E-state index contributed by atoms with van der Waals surface area (Å²) in [7, 11) is 0. The molecule has 2 aliphatic rings. The molecule has 1 saturated heterocycles. The second-order valence-corrected chi connectivity index (χ2v) is 6.81. The number of hydrogen-bond donors (Lipinski definition) is 3. The van der Waals surface area contributed by atoms with Gasteiger partial charge in [-0.2, -0.15) is 0 Å². The Morgan fingerprint density at radius 2 is 1.81 bits per heavy atom. The van der Waals surface area contributed by atoms with Crippen LogP contribution < -0.4 is 16.0 Å². The highest BCUT2D eigenvalue weighted by Gasteiger charge is 2.25. The predicted octanol–water partition coefficient (Wildman–Crippen LogP) is 0.356. The molecule has 1 aromatic rings. The zero-order chi connectivity index (χ0) is 19.1. The Bertz CT molecular complexity index is 684. The summed E-state index contributed by atoms with van der Waals surface area (Å²) in [5, 5.41) is 8.04. The average Bonchev–Trinajstić information content (AvgIpc) is 3.50. The van der Waals surface area contributed by atoms with E-state index in [9.17, 15) is 14.4 Å². The van der Waals surface area contributed by atoms with Crippen LogP contribution in [0, 0.1) is 0 Å². The lowest BCUT2D eigenvalue weighted by Gasteiger charge is -2.26. The molecule has 3 amide bonds. The number of rotatable bonds is 7. The van der Waals surface area contributed by atoms with E-state index in [4.69, 9.17) is 4.74 Å². The van der Waals surface area contributed by atoms with Gasteiger partial charge in [0.1, 0.15) is 0 Å². The minimum Gasteiger partial charge on any atom is -0.379 e. The highest BCUT2D eigenvalue weighted by atomic mass is 16.5. The summed E-state index contributed by atoms with van der Waals surface area (Å²) < 4.78 is 5.29. The van der Waals surface area contributed by atoms with Crippen molar-refractivity contribution in [3.8, 4) is 0 Å². The molecule has 8 nitrogen and oxygen atoms in total. The maximum Gasteiger partial charge on any atom is 0.313 e. The third-order valence-corrected chi connectivity index (χ3v) is 4.58. The lowest BCUT2D eigenvalue weighted by atomic mass is 10.1. The fourth-order valence-corrected chi connectivity index (χ4v) is 2.87. The molecule has 27 heavy (non-hydrogen) atoms. The Labute approximate surface area is 158 Å². The Kier molecular flexibility index (Phi) is 6.78. The molecule has 3 N–H and O–H groups in total. The zero-order valence-corrected chi connectivity index (χ0v) is 15.3. The van der Waals surface area contributed by atoms with Gasteiger partial charge < -0.3 is 20.7 Å². The van der Waals surface area contributed by atoms with Crippen LogP contribution in [0.4, 0.5) is 5.69 Å². The number of nitrogens with zero attached hydrogens (tertiary/aromatic N) is 1. The van der Waals surface area contributed by atoms with E-state index in [0.717, 1.165) is 52.1 Å². The van der Waals surface area contributed by atoms with Crippen molar-refractivity contribution in [2.75, 3.05) is 44.7 Å². The fourth-order valence-electron chi connectivity index (χ4n) is 2.87. The van der Waals surface area contributed by atoms with Crippen LogP contribution in [0.15, 0.2) is 24.3 Å². The molecule has 1 aliphatic carbocycles. The lowest BCUT2D eigenvalue weighted by Crippen LogP contribution is -2.40. The van der Waals surface area contributed by atoms with E-state index in [1.807, 2.05) is 0 Å². The van der Waals surface area contributed by atoms with Gasteiger partial charge >= 0.3 is 11.8 Å². The molecule has 0 atom stereocenters. The van der Waals surface area contributed by atoms with Crippen molar-refractivity contribution in [2.45, 2.75) is 25.3 Å². The fraction of sp³-hybridized carbons (Fsp3) is 0.526. The summed E-state index contributed by atoms with van der Waals surface area (Å²) in [6, 6.07) is 6.90. The van der Waals surface area contributed by atoms with Crippen molar-refractivity contribution in [3.05, 3.63) is 29.8 Å². The molecular weight excluding hydrogens is 348 g/mol. The minimum absolute atomic E-state index is 0.219. The molecule has 146 valence electrons. The van der Waals surface area contributed by atoms with E-state index in [-0.39, 0.29) is 11.9 Å². The van der Waals surface area contributed by atoms with Crippen LogP contribution in [0.25, 0.3) is 0 Å². The van der Waals surface area contributed by atoms with Crippen LogP contribution in [0.1, 0.15) is 29.6 Å². The van der Waals surface area contributed by atoms with Crippen LogP contribution in [0.2, 0.25) is 0 Å². The highest BCUT2D eigenvalue weighted by molar-refractivity contribution is 6.40. The summed E-state index contributed by atoms with van der Waals surface area (Å²) in [5.74, 6) is -1.71. The van der Waals surface area contributed by atoms with Crippen LogP contribution >= 0.6 is 0 Å². The third-order valence-electron chi connectivity index (χ3n) is 4.58. The number of carbonyl (C=O) groups is 3. The largest absolute Gasteiger partial charge is 0.379 e. The minimum atomic E-state index is -0.770. The van der Waals surface area contributed by atoms with Gasteiger partial charge in [-0.25, -0.2) is 0 Å². The smallest absolute Gasteiger partial charge is 0.313 e. The third kappa shape index (κ3) is 6.04. The molecular formula is C19H26N4O4. The van der Waals surface area contributed by atoms with Crippen LogP contribution in [-0.4, -0.2) is 68.1 Å². The number of nitrogens with one attached hydrogen (secondary N) is 3. The quantitative estimate of drug-likeness (QED) is 0.473. The monoisotopic (exact) mass is 374 g/mol. The number of amides is 3. The van der Waals surface area contributed by atoms with Gasteiger partial charge in [-0.3, -0.25) is 19.3 Å². The van der Waals surface area contributed by atoms with Crippen molar-refractivity contribution in [2.24, 2.45) is 0 Å². The standard InChI is InChI=1S/C19H26N4O4/c24-17(21-14-6-7-14)15-4-1-2-5-16(15)22-19(26)18(25)20-8-3-9-23-10-12-27-13-11-23/h1-2,4-5,14H,3,6-13H2,(H,20,25)(H,21,24)(H,22,26). The van der Waals surface area contributed by atoms with E-state index >= 15 is 0 Å². The molecule has 0 aromatic heterocycles. The van der Waals surface area contributed by atoms with E-state index in [1.165, 1.54) is 0 Å². The molecule has 1 saturated carbocycles. The van der Waals surface area contributed by atoms with E-state index in [1.54, 1.807) is 24.3 Å². The molecule has 2 fully saturated rings. The molecule has 1 aromatic carbocycles. The molecule has 1 heterocycles. The number of carbonyl (C=O) groups excluding carboxylic acids is 3. The van der Waals surface area contributed by atoms with Crippen molar-refractivity contribution >= 4 is 23.4 Å². The zero-order valence-electron chi connectivity index (χ0n) is 15.3. The summed E-state index contributed by atoms with van der Waals surface area (Å²) in [6.45, 7) is 4.55. The van der Waals surface area contributed by atoms with Gasteiger partial charge in [0.25, 0.3) is 5.91 Å². The van der Waals surface area contributed by atoms with Gasteiger partial charge in [-0.15, -0.1) is 0 Å². The molecule has 0 radical (unpaired) electrons. The molecule has 3 rings (SSSR count). The average molecular weight is 374 g/mol. The molecule has 0 bridgehead atoms. The van der Waals surface area contributed by atoms with E-state index in [0.29, 0.717) is 17.8 Å². The predicted molar refractivity (Wildman–Crippen MR) is 100 cm³/mol. The second-order valence-electron chi connectivity index (χ2n) is 6.81. The summed E-state index contributed by atoms with van der Waals surface area (Å²) >= 11 is 0. The van der Waals surface area contributed by atoms with E-state index in [2.05, 4.69) is 20.9 Å². The van der Waals surface area contributed by atoms with Crippen LogP contribution in [0.3, 0.4) is 0 Å². The first-order valence-electron chi connectivity index (χ1n) is 9.42. The molecule has 0 unspecified atom stereocenters. The van der Waals surface area contributed by atoms with Gasteiger partial charge in [-0.1, -0.05) is 12.1 Å². The number of benzene rings is 1. The van der Waals surface area contributed by atoms with Crippen molar-refractivity contribution in [1.82, 2.24) is 15.5 Å². The lowest BCUT2D eigenvalue weighted by molar-refractivity contribution is -0.136. The first-order chi connectivity index (χ1) is 13.1. The maximum atomic E-state index is 12.3. The van der Waals surface area contributed by atoms with Crippen LogP contribution in [-0.2, 0) is 14.3 Å². The van der Waals surface area contributed by atoms with Gasteiger partial charge in [0.15, 0.2) is 0 Å². The molecule has 1 aliphatic heterocycles. The van der Waals surface area contributed by atoms with E-state index < -0.39 is 11.8 Å². The van der Waals surface area contributed by atoms with Gasteiger partial charge in [0.2, 0.25) is 0 Å². The van der Waals surface area contributed by atoms with Gasteiger partial charge in [0, 0.05) is 25.7 Å². The number of morpholine rings is 1. The van der Waals surface area contributed by atoms with Crippen molar-refractivity contribution in [3.63, 3.8) is 0 Å². The molecule has 0 spiro atoms. The van der Waals surface area contributed by atoms with Gasteiger partial charge in [-0.05, 0) is 37.9 Å². The second kappa shape index (κ2) is 9.48. The number of anilines is 1. The Morgan fingerprint density at radius 1 is 1.07 bits per heavy atom. The first-order valence-corrected chi connectivity index (χ1v) is 9.42. The first kappa shape index (κ1) is 19.3.